The van der Waals surface area contributed by atoms with Crippen molar-refractivity contribution in [2.75, 3.05) is 0 Å². The number of benzene rings is 2. The second-order valence-electron chi connectivity index (χ2n) is 4.27. The van der Waals surface area contributed by atoms with Crippen molar-refractivity contribution in [3.05, 3.63) is 67.9 Å². The zero-order valence-corrected chi connectivity index (χ0v) is 14.9. The Balaban J connectivity index is 2.47. The molecule has 0 radical (unpaired) electrons. The van der Waals surface area contributed by atoms with Gasteiger partial charge in [0.2, 0.25) is 0 Å². The molecule has 0 aromatic heterocycles. The highest BCUT2D eigenvalue weighted by molar-refractivity contribution is 9.11. The molecule has 0 aliphatic heterocycles. The average Bonchev–Trinajstić information content (AvgIpc) is 2.40. The minimum absolute atomic E-state index is 0.257. The molecule has 0 fully saturated rings. The van der Waals surface area contributed by atoms with Gasteiger partial charge in [-0.15, -0.1) is 0 Å². The number of halogens is 7. The van der Waals surface area contributed by atoms with Gasteiger partial charge in [-0.3, -0.25) is 0 Å². The third-order valence-electron chi connectivity index (χ3n) is 2.83. The minimum atomic E-state index is -4.41. The van der Waals surface area contributed by atoms with Gasteiger partial charge in [0, 0.05) is 4.47 Å². The molecule has 0 N–H and O–H groups in total. The summed E-state index contributed by atoms with van der Waals surface area (Å²) in [5, 5.41) is 0. The van der Waals surface area contributed by atoms with Crippen molar-refractivity contribution >= 4 is 47.8 Å². The van der Waals surface area contributed by atoms with Gasteiger partial charge in [-0.1, -0.05) is 37.9 Å². The molecule has 112 valence electrons. The molecule has 7 heteroatoms. The average molecular weight is 491 g/mol. The first-order valence-corrected chi connectivity index (χ1v) is 8.16. The Morgan fingerprint density at radius 3 is 2.14 bits per heavy atom. The first-order valence-electron chi connectivity index (χ1n) is 5.66. The first-order chi connectivity index (χ1) is 9.70. The van der Waals surface area contributed by atoms with Crippen molar-refractivity contribution in [3.63, 3.8) is 0 Å². The number of hydrogen-bond donors (Lipinski definition) is 0. The maximum absolute atomic E-state index is 13.2. The maximum Gasteiger partial charge on any atom is 0.416 e. The molecule has 0 aliphatic rings. The lowest BCUT2D eigenvalue weighted by atomic mass is 10.0. The van der Waals surface area contributed by atoms with Crippen molar-refractivity contribution in [2.45, 2.75) is 11.0 Å². The molecule has 0 amide bonds. The highest BCUT2D eigenvalue weighted by Crippen LogP contribution is 2.40. The molecule has 0 spiro atoms. The van der Waals surface area contributed by atoms with Gasteiger partial charge in [0.25, 0.3) is 0 Å². The standard InChI is InChI=1S/C14H7Br3F4/c15-10-3-2-8(14(19,20)21)6-9(10)13(17)7-1-4-12(18)11(16)5-7/h1-6,13H. The number of hydrogen-bond acceptors (Lipinski definition) is 0. The van der Waals surface area contributed by atoms with Crippen LogP contribution >= 0.6 is 47.8 Å². The molecular weight excluding hydrogens is 484 g/mol. The fourth-order valence-corrected chi connectivity index (χ4v) is 3.61. The zero-order chi connectivity index (χ0) is 15.8. The van der Waals surface area contributed by atoms with Crippen LogP contribution in [0.3, 0.4) is 0 Å². The van der Waals surface area contributed by atoms with Crippen LogP contribution in [0.5, 0.6) is 0 Å². The monoisotopic (exact) mass is 488 g/mol. The summed E-state index contributed by atoms with van der Waals surface area (Å²) in [7, 11) is 0. The van der Waals surface area contributed by atoms with Crippen molar-refractivity contribution in [3.8, 4) is 0 Å². The van der Waals surface area contributed by atoms with E-state index in [0.29, 0.717) is 15.6 Å². The Bertz CT molecular complexity index is 668. The van der Waals surface area contributed by atoms with Crippen LogP contribution in [0.2, 0.25) is 0 Å². The lowest BCUT2D eigenvalue weighted by Gasteiger charge is -2.16. The quantitative estimate of drug-likeness (QED) is 0.319. The molecule has 0 aliphatic carbocycles. The normalized spacial score (nSPS) is 13.3. The molecule has 21 heavy (non-hydrogen) atoms. The van der Waals surface area contributed by atoms with Crippen LogP contribution in [0, 0.1) is 5.82 Å². The first kappa shape index (κ1) is 17.0. The summed E-state index contributed by atoms with van der Waals surface area (Å²) in [4.78, 5) is -0.494. The summed E-state index contributed by atoms with van der Waals surface area (Å²) in [6, 6.07) is 7.74. The Morgan fingerprint density at radius 2 is 1.57 bits per heavy atom. The third kappa shape index (κ3) is 3.87. The van der Waals surface area contributed by atoms with E-state index >= 15 is 0 Å². The molecule has 0 saturated heterocycles. The Hall–Kier alpha value is -0.400. The minimum Gasteiger partial charge on any atom is -0.206 e. The van der Waals surface area contributed by atoms with Gasteiger partial charge in [-0.2, -0.15) is 13.2 Å². The van der Waals surface area contributed by atoms with E-state index in [4.69, 9.17) is 0 Å². The topological polar surface area (TPSA) is 0 Å². The summed E-state index contributed by atoms with van der Waals surface area (Å²) in [6.07, 6.45) is -4.41. The van der Waals surface area contributed by atoms with E-state index < -0.39 is 22.4 Å². The molecule has 1 atom stereocenters. The van der Waals surface area contributed by atoms with Gasteiger partial charge in [0.05, 0.1) is 14.9 Å². The van der Waals surface area contributed by atoms with Crippen LogP contribution in [0.25, 0.3) is 0 Å². The van der Waals surface area contributed by atoms with Crippen LogP contribution in [0.1, 0.15) is 21.5 Å². The lowest BCUT2D eigenvalue weighted by molar-refractivity contribution is -0.137. The largest absolute Gasteiger partial charge is 0.416 e. The van der Waals surface area contributed by atoms with Crippen molar-refractivity contribution in [1.82, 2.24) is 0 Å². The van der Waals surface area contributed by atoms with E-state index in [-0.39, 0.29) is 4.47 Å². The summed E-state index contributed by atoms with van der Waals surface area (Å²) < 4.78 is 52.4. The van der Waals surface area contributed by atoms with Gasteiger partial charge in [0.15, 0.2) is 0 Å². The third-order valence-corrected chi connectivity index (χ3v) is 5.18. The zero-order valence-electron chi connectivity index (χ0n) is 10.2. The highest BCUT2D eigenvalue weighted by Gasteiger charge is 2.31. The van der Waals surface area contributed by atoms with Gasteiger partial charge >= 0.3 is 6.18 Å². The second kappa shape index (κ2) is 6.38. The molecule has 0 nitrogen and oxygen atoms in total. The van der Waals surface area contributed by atoms with Gasteiger partial charge in [-0.05, 0) is 57.4 Å². The molecule has 0 heterocycles. The Labute approximate surface area is 143 Å². The van der Waals surface area contributed by atoms with Crippen LogP contribution in [0.15, 0.2) is 45.3 Å². The fourth-order valence-electron chi connectivity index (χ4n) is 1.76. The molecule has 0 bridgehead atoms. The van der Waals surface area contributed by atoms with Gasteiger partial charge < -0.3 is 0 Å². The second-order valence-corrected chi connectivity index (χ2v) is 6.89. The number of rotatable bonds is 2. The van der Waals surface area contributed by atoms with Crippen LogP contribution in [0.4, 0.5) is 17.6 Å². The van der Waals surface area contributed by atoms with E-state index in [0.717, 1.165) is 12.1 Å². The molecule has 2 rings (SSSR count). The van der Waals surface area contributed by atoms with Crippen LogP contribution in [-0.2, 0) is 6.18 Å². The molecule has 0 saturated carbocycles. The summed E-state index contributed by atoms with van der Waals surface area (Å²) in [5.41, 5.74) is 0.331. The summed E-state index contributed by atoms with van der Waals surface area (Å²) in [5.74, 6) is -0.429. The van der Waals surface area contributed by atoms with E-state index in [9.17, 15) is 17.6 Å². The van der Waals surface area contributed by atoms with E-state index in [1.54, 1.807) is 0 Å². The number of alkyl halides is 4. The molecular formula is C14H7Br3F4. The van der Waals surface area contributed by atoms with Gasteiger partial charge in [-0.25, -0.2) is 4.39 Å². The van der Waals surface area contributed by atoms with Crippen LogP contribution in [-0.4, -0.2) is 0 Å². The van der Waals surface area contributed by atoms with Gasteiger partial charge in [0.1, 0.15) is 5.82 Å². The summed E-state index contributed by atoms with van der Waals surface area (Å²) in [6.45, 7) is 0. The smallest absolute Gasteiger partial charge is 0.206 e. The van der Waals surface area contributed by atoms with E-state index in [1.165, 1.54) is 24.3 Å². The van der Waals surface area contributed by atoms with Crippen molar-refractivity contribution in [2.24, 2.45) is 0 Å². The van der Waals surface area contributed by atoms with Crippen LogP contribution < -0.4 is 0 Å². The lowest BCUT2D eigenvalue weighted by Crippen LogP contribution is -2.06. The highest BCUT2D eigenvalue weighted by atomic mass is 79.9. The predicted octanol–water partition coefficient (Wildman–Crippen LogP) is 6.85. The van der Waals surface area contributed by atoms with Crippen molar-refractivity contribution in [1.29, 1.82) is 0 Å². The SMILES string of the molecule is Fc1ccc(C(Br)c2cc(C(F)(F)F)ccc2Br)cc1Br. The van der Waals surface area contributed by atoms with E-state index in [2.05, 4.69) is 47.8 Å². The van der Waals surface area contributed by atoms with Crippen molar-refractivity contribution < 1.29 is 17.6 Å². The molecule has 2 aromatic rings. The molecule has 1 unspecified atom stereocenters. The Kier molecular flexibility index (Phi) is 5.15. The maximum atomic E-state index is 13.2. The molecule has 2 aromatic carbocycles. The predicted molar refractivity (Wildman–Crippen MR) is 84.0 cm³/mol. The summed E-state index contributed by atoms with van der Waals surface area (Å²) >= 11 is 9.67. The fraction of sp³-hybridized carbons (Fsp3) is 0.143. The Morgan fingerprint density at radius 1 is 0.905 bits per heavy atom. The van der Waals surface area contributed by atoms with E-state index in [1.807, 2.05) is 0 Å².